The molecule has 1 fully saturated rings. The molecular weight excluding hydrogens is 427 g/mol. The molecule has 1 aliphatic carbocycles. The molecule has 0 saturated heterocycles. The molecule has 1 aliphatic rings. The van der Waals surface area contributed by atoms with Gasteiger partial charge in [0.15, 0.2) is 5.96 Å². The van der Waals surface area contributed by atoms with E-state index in [1.54, 1.807) is 0 Å². The normalized spacial score (nSPS) is 15.5. The van der Waals surface area contributed by atoms with Crippen LogP contribution >= 0.6 is 24.0 Å². The number of carbonyl (C=O) groups excluding carboxylic acids is 1. The van der Waals surface area contributed by atoms with Crippen molar-refractivity contribution in [2.75, 3.05) is 26.2 Å². The van der Waals surface area contributed by atoms with E-state index in [1.165, 1.54) is 24.8 Å². The maximum atomic E-state index is 11.7. The summed E-state index contributed by atoms with van der Waals surface area (Å²) < 4.78 is 0. The molecule has 1 aromatic carbocycles. The van der Waals surface area contributed by atoms with E-state index in [0.29, 0.717) is 12.5 Å². The molecule has 1 amide bonds. The molecule has 5 nitrogen and oxygen atoms in total. The van der Waals surface area contributed by atoms with Crippen LogP contribution in [-0.4, -0.2) is 38.0 Å². The highest BCUT2D eigenvalue weighted by Gasteiger charge is 2.38. The van der Waals surface area contributed by atoms with E-state index in [0.717, 1.165) is 19.5 Å². The molecule has 1 aromatic rings. The Balaban J connectivity index is 0.00000312. The van der Waals surface area contributed by atoms with Crippen molar-refractivity contribution < 1.29 is 4.79 Å². The van der Waals surface area contributed by atoms with Gasteiger partial charge in [-0.3, -0.25) is 4.79 Å². The van der Waals surface area contributed by atoms with Crippen molar-refractivity contribution in [3.63, 3.8) is 0 Å². The molecule has 0 atom stereocenters. The molecule has 0 radical (unpaired) electrons. The monoisotopic (exact) mass is 458 g/mol. The number of halogens is 1. The van der Waals surface area contributed by atoms with Gasteiger partial charge in [0.1, 0.15) is 6.54 Å². The summed E-state index contributed by atoms with van der Waals surface area (Å²) in [5.41, 5.74) is 1.59. The Morgan fingerprint density at radius 2 is 1.84 bits per heavy atom. The molecule has 25 heavy (non-hydrogen) atoms. The third-order valence-corrected chi connectivity index (χ3v) is 4.59. The van der Waals surface area contributed by atoms with E-state index < -0.39 is 0 Å². The lowest BCUT2D eigenvalue weighted by atomic mass is 9.64. The van der Waals surface area contributed by atoms with Crippen molar-refractivity contribution in [2.45, 2.75) is 44.9 Å². The van der Waals surface area contributed by atoms with Crippen molar-refractivity contribution in [3.05, 3.63) is 35.9 Å². The van der Waals surface area contributed by atoms with Crippen molar-refractivity contribution in [2.24, 2.45) is 4.99 Å². The number of guanidine groups is 1. The highest BCUT2D eigenvalue weighted by atomic mass is 127. The van der Waals surface area contributed by atoms with E-state index in [-0.39, 0.29) is 41.8 Å². The maximum absolute atomic E-state index is 11.7. The zero-order valence-corrected chi connectivity index (χ0v) is 17.6. The van der Waals surface area contributed by atoms with Gasteiger partial charge >= 0.3 is 0 Å². The highest BCUT2D eigenvalue weighted by molar-refractivity contribution is 14.0. The highest BCUT2D eigenvalue weighted by Crippen LogP contribution is 2.43. The molecule has 0 aromatic heterocycles. The number of aliphatic imine (C=N–C) groups is 1. The second-order valence-electron chi connectivity index (χ2n) is 6.40. The van der Waals surface area contributed by atoms with Gasteiger partial charge in [-0.2, -0.15) is 0 Å². The topological polar surface area (TPSA) is 65.5 Å². The maximum Gasteiger partial charge on any atom is 0.241 e. The van der Waals surface area contributed by atoms with E-state index >= 15 is 0 Å². The average molecular weight is 458 g/mol. The first kappa shape index (κ1) is 21.7. The number of carbonyl (C=O) groups is 1. The van der Waals surface area contributed by atoms with E-state index in [1.807, 2.05) is 13.8 Å². The lowest BCUT2D eigenvalue weighted by Gasteiger charge is -2.43. The molecule has 2 rings (SSSR count). The molecule has 0 spiro atoms. The van der Waals surface area contributed by atoms with Gasteiger partial charge in [0, 0.05) is 25.0 Å². The summed E-state index contributed by atoms with van der Waals surface area (Å²) in [5, 5.41) is 9.51. The molecular formula is C19H31IN4O. The van der Waals surface area contributed by atoms with Gasteiger partial charge in [-0.1, -0.05) is 43.7 Å². The van der Waals surface area contributed by atoms with E-state index in [9.17, 15) is 4.79 Å². The first-order chi connectivity index (χ1) is 11.7. The quantitative estimate of drug-likeness (QED) is 0.319. The second kappa shape index (κ2) is 11.3. The van der Waals surface area contributed by atoms with Crippen LogP contribution in [0.5, 0.6) is 0 Å². The minimum absolute atomic E-state index is 0. The number of hydrogen-bond donors (Lipinski definition) is 3. The van der Waals surface area contributed by atoms with Crippen molar-refractivity contribution in [1.29, 1.82) is 0 Å². The Morgan fingerprint density at radius 3 is 2.40 bits per heavy atom. The Hall–Kier alpha value is -1.31. The SMILES string of the molecule is CCCNC(=O)CN=C(NCC)NCC1(c2ccccc2)CCC1.I. The Bertz CT molecular complexity index is 544. The lowest BCUT2D eigenvalue weighted by molar-refractivity contribution is -0.119. The third kappa shape index (κ3) is 6.49. The minimum atomic E-state index is -0.0320. The molecule has 0 aliphatic heterocycles. The Morgan fingerprint density at radius 1 is 1.12 bits per heavy atom. The number of hydrogen-bond acceptors (Lipinski definition) is 2. The van der Waals surface area contributed by atoms with Gasteiger partial charge in [-0.15, -0.1) is 24.0 Å². The van der Waals surface area contributed by atoms with Gasteiger partial charge in [-0.05, 0) is 31.7 Å². The van der Waals surface area contributed by atoms with Crippen molar-refractivity contribution in [3.8, 4) is 0 Å². The number of benzene rings is 1. The summed E-state index contributed by atoms with van der Waals surface area (Å²) in [5.74, 6) is 0.682. The fraction of sp³-hybridized carbons (Fsp3) is 0.579. The van der Waals surface area contributed by atoms with Crippen LogP contribution in [0.4, 0.5) is 0 Å². The number of amides is 1. The Kier molecular flexibility index (Phi) is 9.85. The summed E-state index contributed by atoms with van der Waals surface area (Å²) in [6, 6.07) is 10.7. The van der Waals surface area contributed by atoms with Crippen LogP contribution in [-0.2, 0) is 10.2 Å². The number of rotatable bonds is 8. The third-order valence-electron chi connectivity index (χ3n) is 4.59. The van der Waals surface area contributed by atoms with Gasteiger partial charge < -0.3 is 16.0 Å². The summed E-state index contributed by atoms with van der Waals surface area (Å²) in [6.45, 7) is 6.56. The van der Waals surface area contributed by atoms with Crippen LogP contribution in [0, 0.1) is 0 Å². The summed E-state index contributed by atoms with van der Waals surface area (Å²) in [7, 11) is 0. The van der Waals surface area contributed by atoms with Gasteiger partial charge in [0.05, 0.1) is 0 Å². The molecule has 140 valence electrons. The predicted molar refractivity (Wildman–Crippen MR) is 115 cm³/mol. The molecule has 6 heteroatoms. The van der Waals surface area contributed by atoms with Gasteiger partial charge in [0.25, 0.3) is 0 Å². The van der Waals surface area contributed by atoms with E-state index in [4.69, 9.17) is 0 Å². The first-order valence-corrected chi connectivity index (χ1v) is 9.04. The summed E-state index contributed by atoms with van der Waals surface area (Å²) >= 11 is 0. The van der Waals surface area contributed by atoms with Crippen LogP contribution in [0.2, 0.25) is 0 Å². The fourth-order valence-corrected chi connectivity index (χ4v) is 3.03. The van der Waals surface area contributed by atoms with Crippen LogP contribution in [0.3, 0.4) is 0 Å². The smallest absolute Gasteiger partial charge is 0.241 e. The summed E-state index contributed by atoms with van der Waals surface area (Å²) in [4.78, 5) is 16.1. The number of nitrogens with zero attached hydrogens (tertiary/aromatic N) is 1. The average Bonchev–Trinajstić information content (AvgIpc) is 2.57. The standard InChI is InChI=1S/C19H30N4O.HI/c1-3-13-21-17(24)14-22-18(20-4-2)23-15-19(11-8-12-19)16-9-6-5-7-10-16;/h5-7,9-10H,3-4,8,11-15H2,1-2H3,(H,21,24)(H2,20,22,23);1H. The summed E-state index contributed by atoms with van der Waals surface area (Å²) in [6.07, 6.45) is 4.60. The number of nitrogens with one attached hydrogen (secondary N) is 3. The van der Waals surface area contributed by atoms with Crippen molar-refractivity contribution >= 4 is 35.8 Å². The molecule has 0 unspecified atom stereocenters. The Labute approximate surface area is 168 Å². The molecule has 0 bridgehead atoms. The zero-order chi connectivity index (χ0) is 17.3. The largest absolute Gasteiger partial charge is 0.357 e. The van der Waals surface area contributed by atoms with Crippen molar-refractivity contribution in [1.82, 2.24) is 16.0 Å². The zero-order valence-electron chi connectivity index (χ0n) is 15.3. The fourth-order valence-electron chi connectivity index (χ4n) is 3.03. The van der Waals surface area contributed by atoms with Crippen LogP contribution in [0.1, 0.15) is 45.1 Å². The minimum Gasteiger partial charge on any atom is -0.357 e. The van der Waals surface area contributed by atoms with Crippen LogP contribution < -0.4 is 16.0 Å². The second-order valence-corrected chi connectivity index (χ2v) is 6.40. The molecule has 0 heterocycles. The molecule has 1 saturated carbocycles. The van der Waals surface area contributed by atoms with Gasteiger partial charge in [0.2, 0.25) is 5.91 Å². The van der Waals surface area contributed by atoms with Crippen LogP contribution in [0.25, 0.3) is 0 Å². The van der Waals surface area contributed by atoms with E-state index in [2.05, 4.69) is 51.3 Å². The lowest BCUT2D eigenvalue weighted by Crippen LogP contribution is -2.49. The van der Waals surface area contributed by atoms with Crippen LogP contribution in [0.15, 0.2) is 35.3 Å². The predicted octanol–water partition coefficient (Wildman–Crippen LogP) is 2.81. The first-order valence-electron chi connectivity index (χ1n) is 9.04. The molecule has 3 N–H and O–H groups in total. The van der Waals surface area contributed by atoms with Gasteiger partial charge in [-0.25, -0.2) is 4.99 Å².